The smallest absolute Gasteiger partial charge is 0.123 e. The molecule has 0 bridgehead atoms. The second-order valence-corrected chi connectivity index (χ2v) is 8.08. The zero-order valence-electron chi connectivity index (χ0n) is 16.8. The Morgan fingerprint density at radius 2 is 1.33 bits per heavy atom. The van der Waals surface area contributed by atoms with Crippen LogP contribution in [0.5, 0.6) is 0 Å². The lowest BCUT2D eigenvalue weighted by Gasteiger charge is -2.37. The van der Waals surface area contributed by atoms with Gasteiger partial charge in [0.15, 0.2) is 0 Å². The van der Waals surface area contributed by atoms with E-state index in [1.807, 2.05) is 6.33 Å². The summed E-state index contributed by atoms with van der Waals surface area (Å²) in [4.78, 5) is 15.8. The Labute approximate surface area is 177 Å². The molecule has 30 heavy (non-hydrogen) atoms. The highest BCUT2D eigenvalue weighted by Gasteiger charge is 2.40. The van der Waals surface area contributed by atoms with Gasteiger partial charge in [0.2, 0.25) is 0 Å². The van der Waals surface area contributed by atoms with Crippen molar-refractivity contribution in [1.29, 1.82) is 0 Å². The molecule has 0 aliphatic heterocycles. The van der Waals surface area contributed by atoms with Gasteiger partial charge in [0.25, 0.3) is 0 Å². The van der Waals surface area contributed by atoms with Crippen molar-refractivity contribution in [2.45, 2.75) is 18.4 Å². The van der Waals surface area contributed by atoms with Crippen molar-refractivity contribution >= 4 is 6.29 Å². The molecule has 1 aliphatic carbocycles. The van der Waals surface area contributed by atoms with Crippen molar-refractivity contribution in [3.63, 3.8) is 0 Å². The lowest BCUT2D eigenvalue weighted by atomic mass is 9.77. The molecule has 0 spiro atoms. The van der Waals surface area contributed by atoms with Gasteiger partial charge in [0, 0.05) is 12.1 Å². The maximum Gasteiger partial charge on any atom is 0.123 e. The van der Waals surface area contributed by atoms with Crippen LogP contribution < -0.4 is 0 Å². The number of nitrogens with zero attached hydrogens (tertiary/aromatic N) is 2. The van der Waals surface area contributed by atoms with Gasteiger partial charge in [0.05, 0.1) is 12.0 Å². The molecule has 1 saturated carbocycles. The summed E-state index contributed by atoms with van der Waals surface area (Å²) in [6, 6.07) is 31.8. The highest BCUT2D eigenvalue weighted by atomic mass is 16.1. The molecule has 1 heterocycles. The van der Waals surface area contributed by atoms with E-state index in [1.165, 1.54) is 16.7 Å². The van der Waals surface area contributed by atoms with Gasteiger partial charge >= 0.3 is 0 Å². The van der Waals surface area contributed by atoms with Gasteiger partial charge in [-0.3, -0.25) is 0 Å². The van der Waals surface area contributed by atoms with Crippen LogP contribution in [-0.4, -0.2) is 15.8 Å². The number of carbonyl (C=O) groups is 1. The summed E-state index contributed by atoms with van der Waals surface area (Å²) >= 11 is 0. The van der Waals surface area contributed by atoms with E-state index < -0.39 is 5.54 Å². The van der Waals surface area contributed by atoms with Crippen LogP contribution in [0, 0.1) is 11.8 Å². The largest absolute Gasteiger partial charge is 0.319 e. The first kappa shape index (κ1) is 18.6. The molecule has 3 aromatic carbocycles. The molecule has 1 aliphatic rings. The van der Waals surface area contributed by atoms with E-state index in [-0.39, 0.29) is 5.92 Å². The number of rotatable bonds is 7. The number of hydrogen-bond donors (Lipinski definition) is 0. The van der Waals surface area contributed by atoms with E-state index in [2.05, 4.69) is 102 Å². The van der Waals surface area contributed by atoms with Crippen molar-refractivity contribution in [3.05, 3.63) is 126 Å². The van der Waals surface area contributed by atoms with Gasteiger partial charge in [-0.1, -0.05) is 91.0 Å². The van der Waals surface area contributed by atoms with Crippen LogP contribution in [0.4, 0.5) is 0 Å². The minimum atomic E-state index is -0.525. The molecule has 2 atom stereocenters. The van der Waals surface area contributed by atoms with Crippen LogP contribution in [0.1, 0.15) is 28.8 Å². The van der Waals surface area contributed by atoms with Crippen LogP contribution in [0.25, 0.3) is 0 Å². The Bertz CT molecular complexity index is 1020. The maximum atomic E-state index is 11.1. The fourth-order valence-corrected chi connectivity index (χ4v) is 4.58. The molecule has 0 radical (unpaired) electrons. The average Bonchev–Trinajstić information content (AvgIpc) is 3.41. The first-order valence-electron chi connectivity index (χ1n) is 10.5. The van der Waals surface area contributed by atoms with E-state index in [1.54, 1.807) is 0 Å². The van der Waals surface area contributed by atoms with Crippen molar-refractivity contribution in [1.82, 2.24) is 9.55 Å². The fourth-order valence-electron chi connectivity index (χ4n) is 4.58. The van der Waals surface area contributed by atoms with Crippen molar-refractivity contribution in [3.8, 4) is 0 Å². The quantitative estimate of drug-likeness (QED) is 0.324. The predicted octanol–water partition coefficient (Wildman–Crippen LogP) is 5.10. The highest BCUT2D eigenvalue weighted by molar-refractivity contribution is 5.58. The first-order chi connectivity index (χ1) is 14.8. The average molecular weight is 393 g/mol. The zero-order chi connectivity index (χ0) is 20.4. The van der Waals surface area contributed by atoms with E-state index >= 15 is 0 Å². The normalized spacial score (nSPS) is 18.1. The maximum absolute atomic E-state index is 11.1. The van der Waals surface area contributed by atoms with E-state index in [9.17, 15) is 4.79 Å². The van der Waals surface area contributed by atoms with E-state index in [0.717, 1.165) is 24.8 Å². The lowest BCUT2D eigenvalue weighted by Crippen LogP contribution is -2.36. The fraction of sp³-hybridized carbons (Fsp3) is 0.185. The Balaban J connectivity index is 1.70. The minimum absolute atomic E-state index is 0.206. The third-order valence-corrected chi connectivity index (χ3v) is 6.22. The third-order valence-electron chi connectivity index (χ3n) is 6.22. The lowest BCUT2D eigenvalue weighted by molar-refractivity contribution is -0.109. The van der Waals surface area contributed by atoms with Gasteiger partial charge in [-0.25, -0.2) is 4.98 Å². The molecule has 3 nitrogen and oxygen atoms in total. The SMILES string of the molecule is O=C[C@H]1C[C@@H]1Cc1cn(C(c2ccccc2)(c2ccccc2)c2ccccc2)cn1. The topological polar surface area (TPSA) is 34.9 Å². The van der Waals surface area contributed by atoms with Gasteiger partial charge < -0.3 is 9.36 Å². The first-order valence-corrected chi connectivity index (χ1v) is 10.5. The number of imidazole rings is 1. The Hall–Kier alpha value is -3.46. The molecule has 3 heteroatoms. The van der Waals surface area contributed by atoms with Crippen LogP contribution in [0.2, 0.25) is 0 Å². The highest BCUT2D eigenvalue weighted by Crippen LogP contribution is 2.42. The van der Waals surface area contributed by atoms with Crippen molar-refractivity contribution < 1.29 is 4.79 Å². The Morgan fingerprint density at radius 1 is 0.833 bits per heavy atom. The molecule has 0 N–H and O–H groups in total. The summed E-state index contributed by atoms with van der Waals surface area (Å²) in [5.74, 6) is 0.641. The Morgan fingerprint density at radius 3 is 1.77 bits per heavy atom. The second-order valence-electron chi connectivity index (χ2n) is 8.08. The molecular weight excluding hydrogens is 368 g/mol. The molecule has 1 fully saturated rings. The molecule has 148 valence electrons. The summed E-state index contributed by atoms with van der Waals surface area (Å²) in [6.45, 7) is 0. The van der Waals surface area contributed by atoms with Gasteiger partial charge in [-0.05, 0) is 35.4 Å². The third kappa shape index (κ3) is 3.17. The summed E-state index contributed by atoms with van der Waals surface area (Å²) in [5, 5.41) is 0. The summed E-state index contributed by atoms with van der Waals surface area (Å²) < 4.78 is 2.24. The van der Waals surface area contributed by atoms with E-state index in [4.69, 9.17) is 4.98 Å². The standard InChI is InChI=1S/C27H24N2O/c30-19-22-16-21(22)17-26-18-29(20-28-26)27(23-10-4-1-5-11-23,24-12-6-2-7-13-24)25-14-8-3-9-15-25/h1-15,18-22H,16-17H2/t21-,22-/m1/s1. The van der Waals surface area contributed by atoms with Crippen molar-refractivity contribution in [2.24, 2.45) is 11.8 Å². The molecule has 4 aromatic rings. The van der Waals surface area contributed by atoms with Gasteiger partial charge in [-0.15, -0.1) is 0 Å². The van der Waals surface area contributed by atoms with Crippen LogP contribution in [0.3, 0.4) is 0 Å². The minimum Gasteiger partial charge on any atom is -0.319 e. The number of aromatic nitrogens is 2. The summed E-state index contributed by atoms with van der Waals surface area (Å²) in [7, 11) is 0. The molecule has 1 aromatic heterocycles. The van der Waals surface area contributed by atoms with E-state index in [0.29, 0.717) is 5.92 Å². The molecular formula is C27H24N2O. The van der Waals surface area contributed by atoms with Crippen molar-refractivity contribution in [2.75, 3.05) is 0 Å². The number of aldehydes is 1. The zero-order valence-corrected chi connectivity index (χ0v) is 16.8. The molecule has 0 amide bonds. The number of hydrogen-bond acceptors (Lipinski definition) is 2. The number of benzene rings is 3. The van der Waals surface area contributed by atoms with Gasteiger partial charge in [0.1, 0.15) is 11.8 Å². The summed E-state index contributed by atoms with van der Waals surface area (Å²) in [5.41, 5.74) is 4.06. The molecule has 5 rings (SSSR count). The van der Waals surface area contributed by atoms with Crippen LogP contribution in [-0.2, 0) is 16.8 Å². The summed E-state index contributed by atoms with van der Waals surface area (Å²) in [6.07, 6.45) is 7.03. The van der Waals surface area contributed by atoms with Crippen LogP contribution in [0.15, 0.2) is 104 Å². The molecule has 0 saturated heterocycles. The Kier molecular flexibility index (Phi) is 4.80. The second kappa shape index (κ2) is 7.75. The molecule has 0 unspecified atom stereocenters. The number of carbonyl (C=O) groups excluding carboxylic acids is 1. The van der Waals surface area contributed by atoms with Crippen LogP contribution >= 0.6 is 0 Å². The monoisotopic (exact) mass is 392 g/mol. The predicted molar refractivity (Wildman–Crippen MR) is 118 cm³/mol. The van der Waals surface area contributed by atoms with Gasteiger partial charge in [-0.2, -0.15) is 0 Å².